The first-order valence-electron chi connectivity index (χ1n) is 7.90. The van der Waals surface area contributed by atoms with Gasteiger partial charge in [0.2, 0.25) is 0 Å². The summed E-state index contributed by atoms with van der Waals surface area (Å²) in [7, 11) is 0. The third-order valence-corrected chi connectivity index (χ3v) is 3.18. The zero-order valence-corrected chi connectivity index (χ0v) is 15.2. The number of carboxylic acid groups (broad SMARTS) is 1. The normalized spacial score (nSPS) is 12.8. The molecule has 1 amide bonds. The summed E-state index contributed by atoms with van der Waals surface area (Å²) in [5, 5.41) is 11.3. The van der Waals surface area contributed by atoms with Gasteiger partial charge in [-0.05, 0) is 40.2 Å². The summed E-state index contributed by atoms with van der Waals surface area (Å²) in [5.41, 5.74) is -1.01. The average Bonchev–Trinajstić information content (AvgIpc) is 2.44. The van der Waals surface area contributed by atoms with Crippen molar-refractivity contribution in [2.24, 2.45) is 0 Å². The largest absolute Gasteiger partial charge is 0.481 e. The number of nitrogens with one attached hydrogen (secondary N) is 1. The Bertz CT molecular complexity index is 618. The van der Waals surface area contributed by atoms with Crippen LogP contribution in [0, 0.1) is 0 Å². The first-order chi connectivity index (χ1) is 11.4. The summed E-state index contributed by atoms with van der Waals surface area (Å²) in [5.74, 6) is -2.09. The molecule has 7 nitrogen and oxygen atoms in total. The van der Waals surface area contributed by atoms with Gasteiger partial charge < -0.3 is 19.9 Å². The van der Waals surface area contributed by atoms with Gasteiger partial charge in [0.05, 0.1) is 6.42 Å². The molecule has 0 radical (unpaired) electrons. The van der Waals surface area contributed by atoms with Crippen molar-refractivity contribution in [3.8, 4) is 0 Å². The lowest BCUT2D eigenvalue weighted by molar-refractivity contribution is -0.162. The Labute approximate surface area is 147 Å². The molecular weight excluding hydrogens is 326 g/mol. The summed E-state index contributed by atoms with van der Waals surface area (Å²) in [6.45, 7) is 8.36. The number of ether oxygens (including phenoxy) is 2. The predicted octanol–water partition coefficient (Wildman–Crippen LogP) is 2.83. The molecule has 0 aliphatic heterocycles. The summed E-state index contributed by atoms with van der Waals surface area (Å²) < 4.78 is 10.5. The van der Waals surface area contributed by atoms with Gasteiger partial charge in [0, 0.05) is 0 Å². The maximum absolute atomic E-state index is 12.4. The van der Waals surface area contributed by atoms with Gasteiger partial charge in [-0.25, -0.2) is 9.59 Å². The van der Waals surface area contributed by atoms with Crippen LogP contribution in [-0.4, -0.2) is 34.8 Å². The molecule has 7 heteroatoms. The number of hydrogen-bond acceptors (Lipinski definition) is 5. The number of amides is 1. The first kappa shape index (κ1) is 20.5. The van der Waals surface area contributed by atoms with Crippen LogP contribution >= 0.6 is 0 Å². The van der Waals surface area contributed by atoms with E-state index in [-0.39, 0.29) is 0 Å². The van der Waals surface area contributed by atoms with Gasteiger partial charge in [-0.15, -0.1) is 0 Å². The van der Waals surface area contributed by atoms with E-state index >= 15 is 0 Å². The fraction of sp³-hybridized carbons (Fsp3) is 0.500. The van der Waals surface area contributed by atoms with Gasteiger partial charge in [-0.1, -0.05) is 30.3 Å². The summed E-state index contributed by atoms with van der Waals surface area (Å²) in [6, 6.07) is 7.67. The molecule has 1 aromatic carbocycles. The molecule has 0 spiro atoms. The minimum atomic E-state index is -1.35. The molecule has 0 heterocycles. The van der Waals surface area contributed by atoms with Crippen LogP contribution in [0.3, 0.4) is 0 Å². The van der Waals surface area contributed by atoms with Crippen molar-refractivity contribution in [1.29, 1.82) is 0 Å². The second-order valence-electron chi connectivity index (χ2n) is 7.09. The van der Waals surface area contributed by atoms with E-state index in [1.807, 2.05) is 6.07 Å². The highest BCUT2D eigenvalue weighted by atomic mass is 16.6. The van der Waals surface area contributed by atoms with Gasteiger partial charge in [-0.3, -0.25) is 4.79 Å². The fourth-order valence-electron chi connectivity index (χ4n) is 2.04. The minimum Gasteiger partial charge on any atom is -0.481 e. The van der Waals surface area contributed by atoms with Crippen LogP contribution in [0.2, 0.25) is 0 Å². The van der Waals surface area contributed by atoms with Crippen molar-refractivity contribution in [2.75, 3.05) is 0 Å². The topological polar surface area (TPSA) is 102 Å². The molecule has 1 aromatic rings. The van der Waals surface area contributed by atoms with E-state index < -0.39 is 41.7 Å². The molecule has 0 saturated heterocycles. The number of rotatable bonds is 6. The fourth-order valence-corrected chi connectivity index (χ4v) is 2.04. The molecule has 138 valence electrons. The van der Waals surface area contributed by atoms with Crippen molar-refractivity contribution < 1.29 is 29.0 Å². The number of carboxylic acids is 1. The molecule has 0 saturated carbocycles. The van der Waals surface area contributed by atoms with Crippen molar-refractivity contribution in [1.82, 2.24) is 5.32 Å². The van der Waals surface area contributed by atoms with Crippen LogP contribution in [0.15, 0.2) is 30.3 Å². The smallest absolute Gasteiger partial charge is 0.408 e. The Morgan fingerprint density at radius 2 is 1.60 bits per heavy atom. The van der Waals surface area contributed by atoms with Crippen LogP contribution in [0.5, 0.6) is 0 Å². The zero-order chi connectivity index (χ0) is 19.3. The van der Waals surface area contributed by atoms with Gasteiger partial charge in [0.25, 0.3) is 0 Å². The first-order valence-corrected chi connectivity index (χ1v) is 7.90. The third kappa shape index (κ3) is 7.24. The third-order valence-electron chi connectivity index (χ3n) is 3.18. The molecule has 2 N–H and O–H groups in total. The summed E-state index contributed by atoms with van der Waals surface area (Å²) in [6.07, 6.45) is -1.49. The van der Waals surface area contributed by atoms with Crippen LogP contribution in [-0.2, 0) is 24.7 Å². The Kier molecular flexibility index (Phi) is 6.55. The highest BCUT2D eigenvalue weighted by molar-refractivity contribution is 5.86. The van der Waals surface area contributed by atoms with Crippen LogP contribution in [0.25, 0.3) is 0 Å². The molecule has 1 atom stereocenters. The van der Waals surface area contributed by atoms with E-state index in [2.05, 4.69) is 5.32 Å². The Hall–Kier alpha value is -2.57. The van der Waals surface area contributed by atoms with Crippen LogP contribution in [0.1, 0.15) is 46.6 Å². The predicted molar refractivity (Wildman–Crippen MR) is 91.0 cm³/mol. The number of esters is 1. The van der Waals surface area contributed by atoms with E-state index in [0.717, 1.165) is 5.56 Å². The van der Waals surface area contributed by atoms with E-state index in [1.54, 1.807) is 58.9 Å². The minimum absolute atomic E-state index is 0.608. The number of alkyl carbamates (subject to hydrolysis) is 1. The second-order valence-corrected chi connectivity index (χ2v) is 7.09. The molecule has 0 unspecified atom stereocenters. The highest BCUT2D eigenvalue weighted by Gasteiger charge is 2.33. The monoisotopic (exact) mass is 351 g/mol. The summed E-state index contributed by atoms with van der Waals surface area (Å²) >= 11 is 0. The Morgan fingerprint density at radius 3 is 2.08 bits per heavy atom. The average molecular weight is 351 g/mol. The second kappa shape index (κ2) is 8.00. The van der Waals surface area contributed by atoms with E-state index in [4.69, 9.17) is 14.6 Å². The number of carbonyl (C=O) groups is 3. The molecule has 0 fully saturated rings. The zero-order valence-electron chi connectivity index (χ0n) is 15.2. The summed E-state index contributed by atoms with van der Waals surface area (Å²) in [4.78, 5) is 35.3. The number of hydrogen-bond donors (Lipinski definition) is 2. The van der Waals surface area contributed by atoms with Crippen LogP contribution < -0.4 is 5.32 Å². The van der Waals surface area contributed by atoms with Gasteiger partial charge in [0.1, 0.15) is 17.2 Å². The van der Waals surface area contributed by atoms with E-state index in [1.165, 1.54) is 0 Å². The lowest BCUT2D eigenvalue weighted by Gasteiger charge is -2.28. The molecule has 25 heavy (non-hydrogen) atoms. The molecule has 0 bridgehead atoms. The lowest BCUT2D eigenvalue weighted by atomic mass is 9.98. The van der Waals surface area contributed by atoms with Gasteiger partial charge in [-0.2, -0.15) is 0 Å². The number of aliphatic carboxylic acids is 1. The number of benzene rings is 1. The Morgan fingerprint density at radius 1 is 1.04 bits per heavy atom. The van der Waals surface area contributed by atoms with E-state index in [9.17, 15) is 14.4 Å². The number of carbonyl (C=O) groups excluding carboxylic acids is 2. The maximum atomic E-state index is 12.4. The van der Waals surface area contributed by atoms with Crippen molar-refractivity contribution in [3.63, 3.8) is 0 Å². The van der Waals surface area contributed by atoms with Crippen molar-refractivity contribution >= 4 is 18.0 Å². The van der Waals surface area contributed by atoms with Gasteiger partial charge >= 0.3 is 18.0 Å². The van der Waals surface area contributed by atoms with E-state index in [0.29, 0.717) is 0 Å². The molecular formula is C18H25NO6. The molecule has 0 aromatic heterocycles. The molecule has 1 rings (SSSR count). The van der Waals surface area contributed by atoms with Crippen molar-refractivity contribution in [3.05, 3.63) is 35.9 Å². The maximum Gasteiger partial charge on any atom is 0.408 e. The highest BCUT2D eigenvalue weighted by Crippen LogP contribution is 2.25. The molecule has 0 aliphatic rings. The van der Waals surface area contributed by atoms with Gasteiger partial charge in [0.15, 0.2) is 0 Å². The quantitative estimate of drug-likeness (QED) is 0.764. The molecule has 0 aliphatic carbocycles. The van der Waals surface area contributed by atoms with Crippen LogP contribution in [0.4, 0.5) is 4.79 Å². The lowest BCUT2D eigenvalue weighted by Crippen LogP contribution is -2.47. The standard InChI is InChI=1S/C18H25NO6/c1-17(2,3)25-16(23)19-13(11-14(20)21)15(22)24-18(4,5)12-9-7-6-8-10-12/h6-10,13H,11H2,1-5H3,(H,19,23)(H,20,21)/t13-/m0/s1. The Balaban J connectivity index is 2.86. The van der Waals surface area contributed by atoms with Crippen molar-refractivity contribution in [2.45, 2.75) is 58.3 Å². The SMILES string of the molecule is CC(C)(C)OC(=O)N[C@@H](CC(=O)O)C(=O)OC(C)(C)c1ccccc1.